The third kappa shape index (κ3) is 2.73. The summed E-state index contributed by atoms with van der Waals surface area (Å²) in [6.45, 7) is 2.45. The number of aryl methyl sites for hydroxylation is 1. The van der Waals surface area contributed by atoms with Crippen molar-refractivity contribution in [2.24, 2.45) is 0 Å². The van der Waals surface area contributed by atoms with Gasteiger partial charge >= 0.3 is 0 Å². The van der Waals surface area contributed by atoms with E-state index in [4.69, 9.17) is 0 Å². The van der Waals surface area contributed by atoms with Gasteiger partial charge in [-0.3, -0.25) is 14.9 Å². The zero-order valence-corrected chi connectivity index (χ0v) is 10.7. The van der Waals surface area contributed by atoms with Crippen LogP contribution in [0.3, 0.4) is 0 Å². The average molecular weight is 264 g/mol. The molecule has 1 amide bonds. The molecule has 19 heavy (non-hydrogen) atoms. The minimum Gasteiger partial charge on any atom is -0.391 e. The topological polar surface area (TPSA) is 83.7 Å². The number of aliphatic hydroxyl groups excluding tert-OH is 1. The van der Waals surface area contributed by atoms with Crippen LogP contribution in [0.5, 0.6) is 0 Å². The lowest BCUT2D eigenvalue weighted by atomic mass is 10.0. The van der Waals surface area contributed by atoms with E-state index in [1.54, 1.807) is 19.1 Å². The van der Waals surface area contributed by atoms with Crippen molar-refractivity contribution in [2.75, 3.05) is 13.1 Å². The second-order valence-electron chi connectivity index (χ2n) is 4.77. The number of amides is 1. The second-order valence-corrected chi connectivity index (χ2v) is 4.77. The summed E-state index contributed by atoms with van der Waals surface area (Å²) >= 11 is 0. The Kier molecular flexibility index (Phi) is 3.80. The van der Waals surface area contributed by atoms with Crippen LogP contribution in [0.4, 0.5) is 5.69 Å². The first-order valence-corrected chi connectivity index (χ1v) is 6.22. The number of hydrogen-bond acceptors (Lipinski definition) is 4. The molecule has 1 fully saturated rings. The lowest BCUT2D eigenvalue weighted by Crippen LogP contribution is -2.42. The lowest BCUT2D eigenvalue weighted by molar-refractivity contribution is -0.385. The van der Waals surface area contributed by atoms with Crippen LogP contribution < -0.4 is 0 Å². The van der Waals surface area contributed by atoms with E-state index in [9.17, 15) is 20.0 Å². The van der Waals surface area contributed by atoms with Crippen LogP contribution in [0.2, 0.25) is 0 Å². The Balaban J connectivity index is 2.35. The standard InChI is InChI=1S/C13H16N2O4/c1-9-4-2-6-11(15(18)19)12(9)13(17)14-7-3-5-10(16)8-14/h2,4,6,10,16H,3,5,7-8H2,1H3/t10-/m0/s1. The summed E-state index contributed by atoms with van der Waals surface area (Å²) in [5, 5.41) is 20.6. The summed E-state index contributed by atoms with van der Waals surface area (Å²) in [7, 11) is 0. The minimum absolute atomic E-state index is 0.126. The molecule has 0 spiro atoms. The number of piperidine rings is 1. The number of rotatable bonds is 2. The summed E-state index contributed by atoms with van der Waals surface area (Å²) in [6.07, 6.45) is 0.840. The molecule has 0 saturated carbocycles. The zero-order valence-electron chi connectivity index (χ0n) is 10.7. The number of carbonyl (C=O) groups is 1. The third-order valence-electron chi connectivity index (χ3n) is 3.35. The molecular weight excluding hydrogens is 248 g/mol. The fourth-order valence-corrected chi connectivity index (χ4v) is 2.38. The number of likely N-dealkylation sites (tertiary alicyclic amines) is 1. The molecule has 1 aromatic carbocycles. The van der Waals surface area contributed by atoms with Crippen molar-refractivity contribution in [3.8, 4) is 0 Å². The number of β-amino-alcohol motifs (C(OH)–C–C–N with tert-alkyl or cyclic N) is 1. The molecule has 0 aromatic heterocycles. The Morgan fingerprint density at radius 3 is 2.89 bits per heavy atom. The highest BCUT2D eigenvalue weighted by molar-refractivity contribution is 5.99. The maximum absolute atomic E-state index is 12.4. The van der Waals surface area contributed by atoms with Gasteiger partial charge in [-0.25, -0.2) is 0 Å². The second kappa shape index (κ2) is 5.36. The molecule has 1 aliphatic rings. The fraction of sp³-hybridized carbons (Fsp3) is 0.462. The van der Waals surface area contributed by atoms with Crippen molar-refractivity contribution < 1.29 is 14.8 Å². The monoisotopic (exact) mass is 264 g/mol. The molecule has 6 heteroatoms. The van der Waals surface area contributed by atoms with E-state index in [-0.39, 0.29) is 23.7 Å². The van der Waals surface area contributed by atoms with E-state index >= 15 is 0 Å². The highest BCUT2D eigenvalue weighted by Gasteiger charge is 2.29. The van der Waals surface area contributed by atoms with Crippen molar-refractivity contribution in [2.45, 2.75) is 25.9 Å². The van der Waals surface area contributed by atoms with Gasteiger partial charge in [0, 0.05) is 19.2 Å². The number of nitro benzene ring substituents is 1. The molecule has 102 valence electrons. The van der Waals surface area contributed by atoms with Crippen molar-refractivity contribution in [3.05, 3.63) is 39.4 Å². The molecule has 1 N–H and O–H groups in total. The van der Waals surface area contributed by atoms with Crippen molar-refractivity contribution in [3.63, 3.8) is 0 Å². The van der Waals surface area contributed by atoms with Gasteiger partial charge in [-0.2, -0.15) is 0 Å². The molecule has 1 aromatic rings. The largest absolute Gasteiger partial charge is 0.391 e. The number of aliphatic hydroxyl groups is 1. The van der Waals surface area contributed by atoms with E-state index < -0.39 is 11.0 Å². The number of benzene rings is 1. The summed E-state index contributed by atoms with van der Waals surface area (Å²) < 4.78 is 0. The van der Waals surface area contributed by atoms with Crippen LogP contribution in [0.15, 0.2) is 18.2 Å². The van der Waals surface area contributed by atoms with Gasteiger partial charge in [0.15, 0.2) is 0 Å². The summed E-state index contributed by atoms with van der Waals surface area (Å²) in [4.78, 5) is 24.4. The van der Waals surface area contributed by atoms with E-state index in [1.807, 2.05) is 0 Å². The number of carbonyl (C=O) groups excluding carboxylic acids is 1. The first-order valence-electron chi connectivity index (χ1n) is 6.22. The molecule has 0 bridgehead atoms. The van der Waals surface area contributed by atoms with Crippen LogP contribution in [0, 0.1) is 17.0 Å². The zero-order chi connectivity index (χ0) is 14.0. The predicted molar refractivity (Wildman–Crippen MR) is 69.0 cm³/mol. The molecule has 0 unspecified atom stereocenters. The highest BCUT2D eigenvalue weighted by Crippen LogP contribution is 2.25. The average Bonchev–Trinajstić information content (AvgIpc) is 2.37. The van der Waals surface area contributed by atoms with Crippen molar-refractivity contribution >= 4 is 11.6 Å². The van der Waals surface area contributed by atoms with Gasteiger partial charge in [-0.05, 0) is 25.3 Å². The third-order valence-corrected chi connectivity index (χ3v) is 3.35. The lowest BCUT2D eigenvalue weighted by Gasteiger charge is -2.30. The van der Waals surface area contributed by atoms with Crippen LogP contribution >= 0.6 is 0 Å². The predicted octanol–water partition coefficient (Wildman–Crippen LogP) is 1.50. The van der Waals surface area contributed by atoms with Gasteiger partial charge in [0.05, 0.1) is 11.0 Å². The summed E-state index contributed by atoms with van der Waals surface area (Å²) in [5.74, 6) is -0.372. The van der Waals surface area contributed by atoms with E-state index in [0.29, 0.717) is 24.9 Å². The molecule has 0 aliphatic carbocycles. The molecule has 6 nitrogen and oxygen atoms in total. The van der Waals surface area contributed by atoms with Gasteiger partial charge in [-0.15, -0.1) is 0 Å². The first kappa shape index (κ1) is 13.5. The van der Waals surface area contributed by atoms with Crippen LogP contribution in [-0.4, -0.2) is 40.0 Å². The number of hydrogen-bond donors (Lipinski definition) is 1. The van der Waals surface area contributed by atoms with Gasteiger partial charge < -0.3 is 10.0 Å². The van der Waals surface area contributed by atoms with Gasteiger partial charge in [0.25, 0.3) is 11.6 Å². The Morgan fingerprint density at radius 1 is 1.53 bits per heavy atom. The first-order chi connectivity index (χ1) is 9.00. The molecular formula is C13H16N2O4. The maximum Gasteiger partial charge on any atom is 0.282 e. The quantitative estimate of drug-likeness (QED) is 0.648. The van der Waals surface area contributed by atoms with Gasteiger partial charge in [0.2, 0.25) is 0 Å². The SMILES string of the molecule is Cc1cccc([N+](=O)[O-])c1C(=O)N1CCC[C@H](O)C1. The normalized spacial score (nSPS) is 19.3. The summed E-state index contributed by atoms with van der Waals surface area (Å²) in [6, 6.07) is 4.58. The van der Waals surface area contributed by atoms with Crippen LogP contribution in [-0.2, 0) is 0 Å². The fourth-order valence-electron chi connectivity index (χ4n) is 2.38. The van der Waals surface area contributed by atoms with E-state index in [1.165, 1.54) is 11.0 Å². The Bertz CT molecular complexity index is 515. The van der Waals surface area contributed by atoms with Crippen LogP contribution in [0.25, 0.3) is 0 Å². The van der Waals surface area contributed by atoms with E-state index in [2.05, 4.69) is 0 Å². The number of nitro groups is 1. The Labute approximate surface area is 110 Å². The van der Waals surface area contributed by atoms with E-state index in [0.717, 1.165) is 0 Å². The Hall–Kier alpha value is -1.95. The smallest absolute Gasteiger partial charge is 0.282 e. The number of nitrogens with zero attached hydrogens (tertiary/aromatic N) is 2. The minimum atomic E-state index is -0.541. The van der Waals surface area contributed by atoms with Gasteiger partial charge in [-0.1, -0.05) is 12.1 Å². The molecule has 1 heterocycles. The molecule has 1 aliphatic heterocycles. The Morgan fingerprint density at radius 2 is 2.26 bits per heavy atom. The molecule has 1 atom stereocenters. The summed E-state index contributed by atoms with van der Waals surface area (Å²) in [5.41, 5.74) is 0.533. The van der Waals surface area contributed by atoms with Crippen molar-refractivity contribution in [1.29, 1.82) is 0 Å². The molecule has 1 saturated heterocycles. The highest BCUT2D eigenvalue weighted by atomic mass is 16.6. The van der Waals surface area contributed by atoms with Crippen LogP contribution in [0.1, 0.15) is 28.8 Å². The van der Waals surface area contributed by atoms with Gasteiger partial charge in [0.1, 0.15) is 5.56 Å². The maximum atomic E-state index is 12.4. The van der Waals surface area contributed by atoms with Crippen molar-refractivity contribution in [1.82, 2.24) is 4.90 Å². The molecule has 0 radical (unpaired) electrons. The molecule has 2 rings (SSSR count).